The summed E-state index contributed by atoms with van der Waals surface area (Å²) in [4.78, 5) is 22.7. The minimum Gasteiger partial charge on any atom is -0.468 e. The molecule has 1 aromatic carbocycles. The second kappa shape index (κ2) is 3.50. The van der Waals surface area contributed by atoms with Crippen molar-refractivity contribution >= 4 is 12.3 Å². The highest BCUT2D eigenvalue weighted by Crippen LogP contribution is 2.36. The first-order chi connectivity index (χ1) is 7.22. The summed E-state index contributed by atoms with van der Waals surface area (Å²) < 4.78 is 4.69. The number of aldehydes is 1. The van der Waals surface area contributed by atoms with E-state index in [1.807, 2.05) is 24.3 Å². The second-order valence-corrected chi connectivity index (χ2v) is 3.89. The van der Waals surface area contributed by atoms with E-state index in [0.29, 0.717) is 12.8 Å². The summed E-state index contributed by atoms with van der Waals surface area (Å²) in [5.41, 5.74) is 1.14. The Bertz CT molecular complexity index is 384. The van der Waals surface area contributed by atoms with E-state index in [2.05, 4.69) is 4.74 Å². The molecule has 0 spiro atoms. The van der Waals surface area contributed by atoms with Crippen LogP contribution in [0.2, 0.25) is 0 Å². The molecule has 0 amide bonds. The minimum absolute atomic E-state index is 0.436. The lowest BCUT2D eigenvalue weighted by molar-refractivity contribution is -0.154. The van der Waals surface area contributed by atoms with Gasteiger partial charge in [0.05, 0.1) is 7.11 Å². The summed E-state index contributed by atoms with van der Waals surface area (Å²) in [6.07, 6.45) is 1.64. The number of rotatable bonds is 2. The Hall–Kier alpha value is -1.64. The van der Waals surface area contributed by atoms with Crippen LogP contribution in [0.25, 0.3) is 0 Å². The lowest BCUT2D eigenvalue weighted by Gasteiger charge is -2.17. The summed E-state index contributed by atoms with van der Waals surface area (Å²) in [5.74, 6) is -0.436. The topological polar surface area (TPSA) is 43.4 Å². The van der Waals surface area contributed by atoms with Gasteiger partial charge >= 0.3 is 5.97 Å². The fraction of sp³-hybridized carbons (Fsp3) is 0.333. The maximum absolute atomic E-state index is 11.6. The predicted octanol–water partition coefficient (Wildman–Crippen LogP) is 1.14. The van der Waals surface area contributed by atoms with Crippen LogP contribution >= 0.6 is 0 Å². The van der Waals surface area contributed by atoms with Crippen molar-refractivity contribution in [2.75, 3.05) is 7.11 Å². The average Bonchev–Trinajstić information content (AvgIpc) is 2.67. The maximum Gasteiger partial charge on any atom is 0.319 e. The van der Waals surface area contributed by atoms with Gasteiger partial charge in [-0.05, 0) is 24.0 Å². The van der Waals surface area contributed by atoms with Crippen molar-refractivity contribution in [3.8, 4) is 0 Å². The lowest BCUT2D eigenvalue weighted by Crippen LogP contribution is -2.34. The number of benzene rings is 1. The van der Waals surface area contributed by atoms with Crippen LogP contribution in [-0.4, -0.2) is 19.4 Å². The highest BCUT2D eigenvalue weighted by Gasteiger charge is 2.44. The molecule has 1 aliphatic rings. The number of hydrogen-bond donors (Lipinski definition) is 0. The number of fused-ring (bicyclic) bond motifs is 1. The van der Waals surface area contributed by atoms with Crippen LogP contribution in [0, 0.1) is 5.41 Å². The summed E-state index contributed by atoms with van der Waals surface area (Å²) in [7, 11) is 1.32. The summed E-state index contributed by atoms with van der Waals surface area (Å²) in [6.45, 7) is 0. The quantitative estimate of drug-likeness (QED) is 0.412. The molecular weight excluding hydrogens is 192 g/mol. The zero-order chi connectivity index (χ0) is 10.9. The van der Waals surface area contributed by atoms with Crippen molar-refractivity contribution in [1.82, 2.24) is 0 Å². The molecule has 0 fully saturated rings. The number of hydrogen-bond acceptors (Lipinski definition) is 3. The van der Waals surface area contributed by atoms with Gasteiger partial charge in [0, 0.05) is 0 Å². The van der Waals surface area contributed by atoms with Crippen LogP contribution in [0.3, 0.4) is 0 Å². The van der Waals surface area contributed by atoms with Crippen LogP contribution < -0.4 is 0 Å². The molecule has 0 bridgehead atoms. The van der Waals surface area contributed by atoms with Gasteiger partial charge in [0.2, 0.25) is 0 Å². The van der Waals surface area contributed by atoms with E-state index in [0.717, 1.165) is 17.4 Å². The Morgan fingerprint density at radius 2 is 1.87 bits per heavy atom. The highest BCUT2D eigenvalue weighted by molar-refractivity contribution is 5.95. The number of carbonyl (C=O) groups is 2. The molecule has 3 heteroatoms. The molecule has 0 unspecified atom stereocenters. The van der Waals surface area contributed by atoms with E-state index in [1.54, 1.807) is 0 Å². The summed E-state index contributed by atoms with van der Waals surface area (Å²) >= 11 is 0. The van der Waals surface area contributed by atoms with Crippen LogP contribution in [0.5, 0.6) is 0 Å². The second-order valence-electron chi connectivity index (χ2n) is 3.89. The van der Waals surface area contributed by atoms with Crippen molar-refractivity contribution in [3.63, 3.8) is 0 Å². The smallest absolute Gasteiger partial charge is 0.319 e. The van der Waals surface area contributed by atoms with Crippen LogP contribution in [-0.2, 0) is 27.2 Å². The van der Waals surface area contributed by atoms with Crippen molar-refractivity contribution in [3.05, 3.63) is 35.4 Å². The molecule has 2 rings (SSSR count). The molecule has 0 N–H and O–H groups in total. The highest BCUT2D eigenvalue weighted by atomic mass is 16.5. The van der Waals surface area contributed by atoms with Gasteiger partial charge in [0.25, 0.3) is 0 Å². The Morgan fingerprint density at radius 3 is 2.27 bits per heavy atom. The molecule has 0 saturated carbocycles. The third kappa shape index (κ3) is 1.44. The zero-order valence-electron chi connectivity index (χ0n) is 8.53. The Labute approximate surface area is 88.1 Å². The minimum atomic E-state index is -0.988. The molecule has 0 atom stereocenters. The molecular formula is C12H12O3. The largest absolute Gasteiger partial charge is 0.468 e. The van der Waals surface area contributed by atoms with Gasteiger partial charge in [0.1, 0.15) is 11.7 Å². The molecule has 1 aromatic rings. The van der Waals surface area contributed by atoms with Gasteiger partial charge in [-0.1, -0.05) is 24.3 Å². The number of ether oxygens (including phenoxy) is 1. The summed E-state index contributed by atoms with van der Waals surface area (Å²) in [6, 6.07) is 7.72. The molecule has 0 aromatic heterocycles. The maximum atomic E-state index is 11.6. The van der Waals surface area contributed by atoms with E-state index in [-0.39, 0.29) is 0 Å². The van der Waals surface area contributed by atoms with Crippen molar-refractivity contribution in [2.45, 2.75) is 12.8 Å². The van der Waals surface area contributed by atoms with Gasteiger partial charge in [-0.2, -0.15) is 0 Å². The molecule has 78 valence electrons. The van der Waals surface area contributed by atoms with Gasteiger partial charge in [-0.15, -0.1) is 0 Å². The summed E-state index contributed by atoms with van der Waals surface area (Å²) in [5, 5.41) is 0. The number of esters is 1. The third-order valence-corrected chi connectivity index (χ3v) is 2.95. The van der Waals surface area contributed by atoms with Crippen LogP contribution in [0.15, 0.2) is 24.3 Å². The van der Waals surface area contributed by atoms with E-state index in [9.17, 15) is 9.59 Å². The molecule has 1 aliphatic carbocycles. The van der Waals surface area contributed by atoms with E-state index < -0.39 is 11.4 Å². The zero-order valence-corrected chi connectivity index (χ0v) is 8.53. The SMILES string of the molecule is COC(=O)C1(C=O)Cc2ccccc2C1. The Kier molecular flexibility index (Phi) is 2.31. The predicted molar refractivity (Wildman–Crippen MR) is 54.4 cm³/mol. The third-order valence-electron chi connectivity index (χ3n) is 2.95. The first-order valence-electron chi connectivity index (χ1n) is 4.83. The van der Waals surface area contributed by atoms with Gasteiger partial charge in [0.15, 0.2) is 0 Å². The fourth-order valence-electron chi connectivity index (χ4n) is 2.12. The fourth-order valence-corrected chi connectivity index (χ4v) is 2.12. The Balaban J connectivity index is 2.37. The number of methoxy groups -OCH3 is 1. The standard InChI is InChI=1S/C12H12O3/c1-15-11(14)12(8-13)6-9-4-2-3-5-10(9)7-12/h2-5,8H,6-7H2,1H3. The first kappa shape index (κ1) is 9.90. The van der Waals surface area contributed by atoms with Crippen LogP contribution in [0.4, 0.5) is 0 Å². The van der Waals surface area contributed by atoms with Crippen molar-refractivity contribution in [1.29, 1.82) is 0 Å². The van der Waals surface area contributed by atoms with Crippen molar-refractivity contribution < 1.29 is 14.3 Å². The lowest BCUT2D eigenvalue weighted by atomic mass is 9.87. The molecule has 0 aliphatic heterocycles. The van der Waals surface area contributed by atoms with E-state index in [4.69, 9.17) is 0 Å². The molecule has 0 saturated heterocycles. The molecule has 0 radical (unpaired) electrons. The average molecular weight is 204 g/mol. The Morgan fingerprint density at radius 1 is 1.33 bits per heavy atom. The normalized spacial score (nSPS) is 16.9. The molecule has 0 heterocycles. The molecule has 15 heavy (non-hydrogen) atoms. The number of carbonyl (C=O) groups excluding carboxylic acids is 2. The molecule has 3 nitrogen and oxygen atoms in total. The monoisotopic (exact) mass is 204 g/mol. The van der Waals surface area contributed by atoms with E-state index in [1.165, 1.54) is 7.11 Å². The van der Waals surface area contributed by atoms with Gasteiger partial charge in [-0.25, -0.2) is 0 Å². The van der Waals surface area contributed by atoms with Crippen molar-refractivity contribution in [2.24, 2.45) is 5.41 Å². The van der Waals surface area contributed by atoms with Gasteiger partial charge in [-0.3, -0.25) is 4.79 Å². The van der Waals surface area contributed by atoms with Crippen LogP contribution in [0.1, 0.15) is 11.1 Å². The van der Waals surface area contributed by atoms with Gasteiger partial charge < -0.3 is 9.53 Å². The van der Waals surface area contributed by atoms with E-state index >= 15 is 0 Å². The first-order valence-corrected chi connectivity index (χ1v) is 4.83.